The van der Waals surface area contributed by atoms with Crippen molar-refractivity contribution < 1.29 is 9.47 Å². The predicted molar refractivity (Wildman–Crippen MR) is 122 cm³/mol. The van der Waals surface area contributed by atoms with Crippen LogP contribution in [0.1, 0.15) is 43.9 Å². The Morgan fingerprint density at radius 3 is 2.45 bits per heavy atom. The van der Waals surface area contributed by atoms with Gasteiger partial charge >= 0.3 is 0 Å². The molecule has 0 aliphatic heterocycles. The quantitative estimate of drug-likeness (QED) is 0.367. The molecule has 4 rings (SSSR count). The summed E-state index contributed by atoms with van der Waals surface area (Å²) in [4.78, 5) is 9.03. The van der Waals surface area contributed by atoms with Crippen molar-refractivity contribution in [3.05, 3.63) is 59.9 Å². The molecule has 0 aliphatic carbocycles. The highest BCUT2D eigenvalue weighted by molar-refractivity contribution is 5.79. The fourth-order valence-electron chi connectivity index (χ4n) is 3.85. The molecule has 0 amide bonds. The Morgan fingerprint density at radius 2 is 1.82 bits per heavy atom. The van der Waals surface area contributed by atoms with Crippen LogP contribution in [0.3, 0.4) is 0 Å². The number of hydrogen-bond donors (Lipinski definition) is 1. The third kappa shape index (κ3) is 4.53. The second kappa shape index (κ2) is 9.97. The lowest BCUT2D eigenvalue weighted by molar-refractivity contribution is -0.222. The predicted octanol–water partition coefficient (Wildman–Crippen LogP) is 3.38. The van der Waals surface area contributed by atoms with E-state index < -0.39 is 5.79 Å². The SMILES string of the molecule is CCCc1nc(C(CC)(OC)OC)nn1Cc1ccc(-c2cnccc2-c2nnn[nH]2)cc1. The minimum Gasteiger partial charge on any atom is -0.347 e. The summed E-state index contributed by atoms with van der Waals surface area (Å²) >= 11 is 0. The van der Waals surface area contributed by atoms with Crippen LogP contribution in [-0.4, -0.2) is 54.6 Å². The summed E-state index contributed by atoms with van der Waals surface area (Å²) in [5.74, 6) is 1.13. The molecule has 3 aromatic heterocycles. The van der Waals surface area contributed by atoms with Crippen molar-refractivity contribution in [1.29, 1.82) is 0 Å². The zero-order chi connectivity index (χ0) is 23.3. The molecule has 1 aromatic carbocycles. The minimum absolute atomic E-state index is 0.552. The standard InChI is InChI=1S/C23H28N8O2/c1-5-7-20-25-22(23(6-2,32-3)33-4)28-31(20)15-16-8-10-17(11-9-16)19-14-24-13-12-18(19)21-26-29-30-27-21/h8-14H,5-7,15H2,1-4H3,(H,26,27,29,30). The lowest BCUT2D eigenvalue weighted by Crippen LogP contribution is -2.31. The van der Waals surface area contributed by atoms with Crippen molar-refractivity contribution in [2.45, 2.75) is 45.4 Å². The Labute approximate surface area is 192 Å². The molecule has 4 aromatic rings. The van der Waals surface area contributed by atoms with E-state index >= 15 is 0 Å². The number of nitrogens with one attached hydrogen (secondary N) is 1. The molecule has 33 heavy (non-hydrogen) atoms. The van der Waals surface area contributed by atoms with Gasteiger partial charge in [-0.3, -0.25) is 4.98 Å². The Bertz CT molecular complexity index is 1160. The number of nitrogens with zero attached hydrogens (tertiary/aromatic N) is 7. The van der Waals surface area contributed by atoms with Crippen LogP contribution in [0.25, 0.3) is 22.5 Å². The maximum absolute atomic E-state index is 5.64. The summed E-state index contributed by atoms with van der Waals surface area (Å²) < 4.78 is 13.2. The van der Waals surface area contributed by atoms with Gasteiger partial charge in [-0.25, -0.2) is 14.8 Å². The number of H-pyrrole nitrogens is 1. The van der Waals surface area contributed by atoms with Gasteiger partial charge in [0.1, 0.15) is 5.82 Å². The molecular weight excluding hydrogens is 420 g/mol. The van der Waals surface area contributed by atoms with Crippen LogP contribution in [0.15, 0.2) is 42.7 Å². The molecule has 1 N–H and O–H groups in total. The number of benzene rings is 1. The number of hydrogen-bond acceptors (Lipinski definition) is 8. The van der Waals surface area contributed by atoms with E-state index in [0.29, 0.717) is 24.6 Å². The molecule has 10 heteroatoms. The molecule has 0 aliphatic rings. The van der Waals surface area contributed by atoms with Crippen molar-refractivity contribution in [2.24, 2.45) is 0 Å². The van der Waals surface area contributed by atoms with Gasteiger partial charge in [0.25, 0.3) is 0 Å². The minimum atomic E-state index is -0.941. The first-order valence-corrected chi connectivity index (χ1v) is 11.0. The molecular formula is C23H28N8O2. The molecule has 3 heterocycles. The van der Waals surface area contributed by atoms with Gasteiger partial charge in [-0.2, -0.15) is 0 Å². The lowest BCUT2D eigenvalue weighted by atomic mass is 10.0. The van der Waals surface area contributed by atoms with Gasteiger partial charge in [0.05, 0.1) is 6.54 Å². The smallest absolute Gasteiger partial charge is 0.231 e. The summed E-state index contributed by atoms with van der Waals surface area (Å²) in [5.41, 5.74) is 3.97. The number of pyridine rings is 1. The van der Waals surface area contributed by atoms with E-state index in [0.717, 1.165) is 40.9 Å². The lowest BCUT2D eigenvalue weighted by Gasteiger charge is -2.26. The largest absolute Gasteiger partial charge is 0.347 e. The molecule has 0 fully saturated rings. The van der Waals surface area contributed by atoms with Gasteiger partial charge in [-0.1, -0.05) is 38.1 Å². The molecule has 0 spiro atoms. The van der Waals surface area contributed by atoms with Crippen LogP contribution in [0.4, 0.5) is 0 Å². The fraction of sp³-hybridized carbons (Fsp3) is 0.391. The highest BCUT2D eigenvalue weighted by Gasteiger charge is 2.35. The van der Waals surface area contributed by atoms with Crippen molar-refractivity contribution in [3.8, 4) is 22.5 Å². The zero-order valence-electron chi connectivity index (χ0n) is 19.3. The molecule has 0 bridgehead atoms. The maximum Gasteiger partial charge on any atom is 0.231 e. The Hall–Kier alpha value is -3.50. The highest BCUT2D eigenvalue weighted by Crippen LogP contribution is 2.30. The van der Waals surface area contributed by atoms with Crippen molar-refractivity contribution in [2.75, 3.05) is 14.2 Å². The van der Waals surface area contributed by atoms with E-state index in [-0.39, 0.29) is 0 Å². The summed E-state index contributed by atoms with van der Waals surface area (Å²) in [6, 6.07) is 10.2. The van der Waals surface area contributed by atoms with Crippen LogP contribution >= 0.6 is 0 Å². The van der Waals surface area contributed by atoms with E-state index in [1.807, 2.05) is 23.9 Å². The second-order valence-electron chi connectivity index (χ2n) is 7.64. The summed E-state index contributed by atoms with van der Waals surface area (Å²) in [7, 11) is 3.24. The number of aromatic amines is 1. The van der Waals surface area contributed by atoms with Crippen molar-refractivity contribution in [3.63, 3.8) is 0 Å². The van der Waals surface area contributed by atoms with Crippen LogP contribution in [-0.2, 0) is 28.2 Å². The molecule has 0 saturated heterocycles. The zero-order valence-corrected chi connectivity index (χ0v) is 19.3. The third-order valence-electron chi connectivity index (χ3n) is 5.71. The molecule has 10 nitrogen and oxygen atoms in total. The number of tetrazole rings is 1. The van der Waals surface area contributed by atoms with E-state index in [4.69, 9.17) is 19.6 Å². The monoisotopic (exact) mass is 448 g/mol. The van der Waals surface area contributed by atoms with Crippen LogP contribution in [0.2, 0.25) is 0 Å². The van der Waals surface area contributed by atoms with Gasteiger partial charge in [-0.15, -0.1) is 10.2 Å². The van der Waals surface area contributed by atoms with Crippen LogP contribution < -0.4 is 0 Å². The summed E-state index contributed by atoms with van der Waals surface area (Å²) in [6.07, 6.45) is 5.94. The normalized spacial score (nSPS) is 11.8. The molecule has 0 atom stereocenters. The average Bonchev–Trinajstić information content (AvgIpc) is 3.53. The Morgan fingerprint density at radius 1 is 1.03 bits per heavy atom. The number of aromatic nitrogens is 8. The van der Waals surface area contributed by atoms with E-state index in [1.54, 1.807) is 20.4 Å². The topological polar surface area (TPSA) is 117 Å². The van der Waals surface area contributed by atoms with Crippen molar-refractivity contribution in [1.82, 2.24) is 40.4 Å². The number of aryl methyl sites for hydroxylation is 1. The van der Waals surface area contributed by atoms with E-state index in [1.165, 1.54) is 0 Å². The number of ether oxygens (including phenoxy) is 2. The summed E-state index contributed by atoms with van der Waals surface area (Å²) in [5, 5.41) is 19.0. The van der Waals surface area contributed by atoms with Gasteiger partial charge in [-0.05, 0) is 34.0 Å². The molecule has 0 unspecified atom stereocenters. The first-order chi connectivity index (χ1) is 16.1. The Balaban J connectivity index is 1.62. The number of methoxy groups -OCH3 is 2. The van der Waals surface area contributed by atoms with Gasteiger partial charge in [0.2, 0.25) is 11.6 Å². The molecule has 172 valence electrons. The number of rotatable bonds is 10. The fourth-order valence-corrected chi connectivity index (χ4v) is 3.85. The maximum atomic E-state index is 5.64. The average molecular weight is 449 g/mol. The van der Waals surface area contributed by atoms with Crippen LogP contribution in [0, 0.1) is 0 Å². The van der Waals surface area contributed by atoms with Crippen LogP contribution in [0.5, 0.6) is 0 Å². The highest BCUT2D eigenvalue weighted by atomic mass is 16.7. The summed E-state index contributed by atoms with van der Waals surface area (Å²) in [6.45, 7) is 4.72. The first-order valence-electron chi connectivity index (χ1n) is 11.0. The first kappa shape index (κ1) is 22.7. The third-order valence-corrected chi connectivity index (χ3v) is 5.71. The van der Waals surface area contributed by atoms with Gasteiger partial charge in [0.15, 0.2) is 5.82 Å². The van der Waals surface area contributed by atoms with Crippen molar-refractivity contribution >= 4 is 0 Å². The van der Waals surface area contributed by atoms with E-state index in [9.17, 15) is 0 Å². The molecule has 0 radical (unpaired) electrons. The second-order valence-corrected chi connectivity index (χ2v) is 7.64. The van der Waals surface area contributed by atoms with Gasteiger partial charge in [0, 0.05) is 50.6 Å². The van der Waals surface area contributed by atoms with Gasteiger partial charge < -0.3 is 9.47 Å². The molecule has 0 saturated carbocycles. The Kier molecular flexibility index (Phi) is 6.85. The van der Waals surface area contributed by atoms with E-state index in [2.05, 4.69) is 56.8 Å².